The van der Waals surface area contributed by atoms with Gasteiger partial charge in [0, 0.05) is 18.8 Å². The van der Waals surface area contributed by atoms with E-state index in [1.54, 1.807) is 0 Å². The van der Waals surface area contributed by atoms with Crippen LogP contribution in [0.25, 0.3) is 0 Å². The molecule has 2 atom stereocenters. The molecule has 2 aliphatic rings. The predicted molar refractivity (Wildman–Crippen MR) is 82.1 cm³/mol. The number of nitrogens with zero attached hydrogens (tertiary/aromatic N) is 2. The lowest BCUT2D eigenvalue weighted by Crippen LogP contribution is -2.45. The van der Waals surface area contributed by atoms with E-state index in [2.05, 4.69) is 17.9 Å². The topological polar surface area (TPSA) is 49.6 Å². The number of likely N-dealkylation sites (N-methyl/N-ethyl adjacent to an activating group) is 2. The van der Waals surface area contributed by atoms with Crippen molar-refractivity contribution in [1.82, 2.24) is 9.80 Å². The van der Waals surface area contributed by atoms with Crippen LogP contribution in [0.4, 0.5) is 0 Å². The molecular weight excluding hydrogens is 250 g/mol. The van der Waals surface area contributed by atoms with Crippen molar-refractivity contribution in [2.24, 2.45) is 11.7 Å². The van der Waals surface area contributed by atoms with Crippen LogP contribution < -0.4 is 5.73 Å². The first-order valence-electron chi connectivity index (χ1n) is 8.07. The maximum Gasteiger partial charge on any atom is 0.240 e. The van der Waals surface area contributed by atoms with Crippen molar-refractivity contribution in [1.29, 1.82) is 0 Å². The lowest BCUT2D eigenvalue weighted by Gasteiger charge is -2.32. The maximum absolute atomic E-state index is 12.5. The first kappa shape index (κ1) is 15.5. The van der Waals surface area contributed by atoms with Gasteiger partial charge in [-0.25, -0.2) is 0 Å². The summed E-state index contributed by atoms with van der Waals surface area (Å²) in [6.45, 7) is 4.36. The normalized spacial score (nSPS) is 26.1. The Morgan fingerprint density at radius 2 is 2.20 bits per heavy atom. The minimum atomic E-state index is 0.225. The molecule has 0 radical (unpaired) electrons. The molecular formula is C16H29N3O. The zero-order chi connectivity index (χ0) is 14.5. The van der Waals surface area contributed by atoms with E-state index in [0.29, 0.717) is 18.5 Å². The summed E-state index contributed by atoms with van der Waals surface area (Å²) in [6.07, 6.45) is 9.20. The van der Waals surface area contributed by atoms with Crippen LogP contribution in [0.3, 0.4) is 0 Å². The first-order valence-corrected chi connectivity index (χ1v) is 8.07. The molecule has 4 nitrogen and oxygen atoms in total. The summed E-state index contributed by atoms with van der Waals surface area (Å²) in [6, 6.07) is 0.500. The average Bonchev–Trinajstić information content (AvgIpc) is 3.13. The second-order valence-corrected chi connectivity index (χ2v) is 6.10. The highest BCUT2D eigenvalue weighted by Crippen LogP contribution is 2.29. The fourth-order valence-corrected chi connectivity index (χ4v) is 3.64. The van der Waals surface area contributed by atoms with Crippen molar-refractivity contribution in [3.63, 3.8) is 0 Å². The highest BCUT2D eigenvalue weighted by Gasteiger charge is 2.32. The van der Waals surface area contributed by atoms with Crippen LogP contribution in [0.5, 0.6) is 0 Å². The monoisotopic (exact) mass is 279 g/mol. The Bertz CT molecular complexity index is 367. The Hall–Kier alpha value is -0.870. The van der Waals surface area contributed by atoms with Crippen molar-refractivity contribution < 1.29 is 4.79 Å². The van der Waals surface area contributed by atoms with Crippen molar-refractivity contribution >= 4 is 5.91 Å². The van der Waals surface area contributed by atoms with Gasteiger partial charge in [-0.1, -0.05) is 19.4 Å². The van der Waals surface area contributed by atoms with Crippen molar-refractivity contribution in [3.8, 4) is 0 Å². The molecule has 2 unspecified atom stereocenters. The van der Waals surface area contributed by atoms with Gasteiger partial charge < -0.3 is 10.6 Å². The second-order valence-electron chi connectivity index (χ2n) is 6.10. The quantitative estimate of drug-likeness (QED) is 0.808. The standard InChI is InChI=1S/C16H29N3O/c1-3-19(15-10-6-7-13(15)11-17)12-16(20)18(2)14-8-4-5-9-14/h8,13,15H,3-7,9-12,17H2,1-2H3. The summed E-state index contributed by atoms with van der Waals surface area (Å²) in [5, 5.41) is 0. The summed E-state index contributed by atoms with van der Waals surface area (Å²) in [4.78, 5) is 16.7. The third kappa shape index (κ3) is 3.41. The van der Waals surface area contributed by atoms with E-state index in [0.717, 1.165) is 25.9 Å². The van der Waals surface area contributed by atoms with Crippen LogP contribution in [0.15, 0.2) is 11.8 Å². The van der Waals surface area contributed by atoms with Crippen molar-refractivity contribution in [2.75, 3.05) is 26.7 Å². The molecule has 0 bridgehead atoms. The van der Waals surface area contributed by atoms with Crippen molar-refractivity contribution in [2.45, 2.75) is 51.5 Å². The third-order valence-corrected chi connectivity index (χ3v) is 4.96. The van der Waals surface area contributed by atoms with E-state index in [4.69, 9.17) is 5.73 Å². The average molecular weight is 279 g/mol. The van der Waals surface area contributed by atoms with E-state index in [1.807, 2.05) is 11.9 Å². The number of rotatable bonds is 6. The van der Waals surface area contributed by atoms with Crippen LogP contribution in [0.2, 0.25) is 0 Å². The molecule has 0 spiro atoms. The smallest absolute Gasteiger partial charge is 0.240 e. The molecule has 1 fully saturated rings. The zero-order valence-electron chi connectivity index (χ0n) is 13.0. The van der Waals surface area contributed by atoms with E-state index in [1.165, 1.54) is 31.4 Å². The van der Waals surface area contributed by atoms with E-state index in [9.17, 15) is 4.79 Å². The largest absolute Gasteiger partial charge is 0.330 e. The lowest BCUT2D eigenvalue weighted by molar-refractivity contribution is -0.130. The van der Waals surface area contributed by atoms with Gasteiger partial charge in [0.05, 0.1) is 6.54 Å². The molecule has 114 valence electrons. The van der Waals surface area contributed by atoms with Crippen LogP contribution in [0, 0.1) is 5.92 Å². The first-order chi connectivity index (χ1) is 9.67. The minimum absolute atomic E-state index is 0.225. The Labute approximate surface area is 123 Å². The number of hydrogen-bond donors (Lipinski definition) is 1. The number of carbonyl (C=O) groups is 1. The molecule has 1 saturated carbocycles. The Morgan fingerprint density at radius 1 is 1.40 bits per heavy atom. The minimum Gasteiger partial charge on any atom is -0.330 e. The van der Waals surface area contributed by atoms with Crippen LogP contribution >= 0.6 is 0 Å². The molecule has 0 aromatic rings. The van der Waals surface area contributed by atoms with Gasteiger partial charge in [-0.05, 0) is 51.1 Å². The molecule has 20 heavy (non-hydrogen) atoms. The van der Waals surface area contributed by atoms with Gasteiger partial charge in [0.1, 0.15) is 0 Å². The predicted octanol–water partition coefficient (Wildman–Crippen LogP) is 1.96. The second kappa shape index (κ2) is 7.23. The fourth-order valence-electron chi connectivity index (χ4n) is 3.64. The SMILES string of the molecule is CCN(CC(=O)N(C)C1=CCCC1)C1CCCC1CN. The molecule has 0 aromatic heterocycles. The Morgan fingerprint density at radius 3 is 2.80 bits per heavy atom. The molecule has 4 heteroatoms. The van der Waals surface area contributed by atoms with E-state index >= 15 is 0 Å². The van der Waals surface area contributed by atoms with Gasteiger partial charge in [-0.2, -0.15) is 0 Å². The van der Waals surface area contributed by atoms with Gasteiger partial charge in [0.25, 0.3) is 0 Å². The van der Waals surface area contributed by atoms with Gasteiger partial charge >= 0.3 is 0 Å². The zero-order valence-corrected chi connectivity index (χ0v) is 13.0. The number of nitrogens with two attached hydrogens (primary N) is 1. The Balaban J connectivity index is 1.93. The van der Waals surface area contributed by atoms with Crippen molar-refractivity contribution in [3.05, 3.63) is 11.8 Å². The highest BCUT2D eigenvalue weighted by molar-refractivity contribution is 5.79. The summed E-state index contributed by atoms with van der Waals surface area (Å²) in [7, 11) is 1.92. The summed E-state index contributed by atoms with van der Waals surface area (Å²) in [5.74, 6) is 0.793. The molecule has 2 rings (SSSR count). The van der Waals surface area contributed by atoms with Crippen LogP contribution in [-0.4, -0.2) is 48.4 Å². The summed E-state index contributed by atoms with van der Waals surface area (Å²) >= 11 is 0. The van der Waals surface area contributed by atoms with Gasteiger partial charge in [-0.3, -0.25) is 9.69 Å². The number of hydrogen-bond acceptors (Lipinski definition) is 3. The van der Waals surface area contributed by atoms with Crippen LogP contribution in [0.1, 0.15) is 45.4 Å². The number of amides is 1. The molecule has 0 aliphatic heterocycles. The van der Waals surface area contributed by atoms with E-state index in [-0.39, 0.29) is 5.91 Å². The summed E-state index contributed by atoms with van der Waals surface area (Å²) < 4.78 is 0. The lowest BCUT2D eigenvalue weighted by atomic mass is 10.0. The molecule has 1 amide bonds. The van der Waals surface area contributed by atoms with Gasteiger partial charge in [-0.15, -0.1) is 0 Å². The number of carbonyl (C=O) groups excluding carboxylic acids is 1. The van der Waals surface area contributed by atoms with Gasteiger partial charge in [0.2, 0.25) is 5.91 Å². The highest BCUT2D eigenvalue weighted by atomic mass is 16.2. The third-order valence-electron chi connectivity index (χ3n) is 4.96. The fraction of sp³-hybridized carbons (Fsp3) is 0.812. The van der Waals surface area contributed by atoms with Crippen LogP contribution in [-0.2, 0) is 4.79 Å². The molecule has 2 N–H and O–H groups in total. The maximum atomic E-state index is 12.5. The molecule has 0 saturated heterocycles. The Kier molecular flexibility index (Phi) is 5.61. The number of allylic oxidation sites excluding steroid dienone is 2. The van der Waals surface area contributed by atoms with Gasteiger partial charge in [0.15, 0.2) is 0 Å². The summed E-state index contributed by atoms with van der Waals surface area (Å²) in [5.41, 5.74) is 7.08. The molecule has 2 aliphatic carbocycles. The van der Waals surface area contributed by atoms with E-state index < -0.39 is 0 Å². The molecule has 0 heterocycles. The molecule has 0 aromatic carbocycles.